The molecule has 0 spiro atoms. The maximum atomic E-state index is 12.1. The summed E-state index contributed by atoms with van der Waals surface area (Å²) in [6.07, 6.45) is 2.44. The van der Waals surface area contributed by atoms with E-state index in [1.807, 2.05) is 48.2 Å². The van der Waals surface area contributed by atoms with Crippen LogP contribution in [0.5, 0.6) is 23.0 Å². The standard InChI is InChI=1S/C24H31NO6/c1-5-31-22-14-16(9-12-20(22)29-3)23(25-13-7-6-8-19(25)24(26)27)18-11-10-17(28-2)15-21(18)30-4/h9-12,14-15,19,23H,5-8,13H2,1-4H3,(H,26,27). The van der Waals surface area contributed by atoms with E-state index in [-0.39, 0.29) is 6.04 Å². The third kappa shape index (κ3) is 4.88. The van der Waals surface area contributed by atoms with Gasteiger partial charge in [0.25, 0.3) is 0 Å². The highest BCUT2D eigenvalue weighted by molar-refractivity contribution is 5.74. The first-order valence-corrected chi connectivity index (χ1v) is 10.5. The molecule has 0 saturated carbocycles. The van der Waals surface area contributed by atoms with Gasteiger partial charge in [0.05, 0.1) is 34.0 Å². The molecule has 1 saturated heterocycles. The number of aliphatic carboxylic acids is 1. The molecule has 2 aromatic carbocycles. The summed E-state index contributed by atoms with van der Waals surface area (Å²) in [5.41, 5.74) is 1.80. The highest BCUT2D eigenvalue weighted by atomic mass is 16.5. The molecule has 0 aliphatic carbocycles. The molecule has 31 heavy (non-hydrogen) atoms. The number of carboxylic acids is 1. The first-order valence-electron chi connectivity index (χ1n) is 10.5. The summed E-state index contributed by atoms with van der Waals surface area (Å²) in [7, 11) is 4.82. The summed E-state index contributed by atoms with van der Waals surface area (Å²) in [6.45, 7) is 3.09. The zero-order valence-electron chi connectivity index (χ0n) is 18.6. The van der Waals surface area contributed by atoms with Crippen LogP contribution < -0.4 is 18.9 Å². The number of carboxylic acid groups (broad SMARTS) is 1. The molecule has 1 N–H and O–H groups in total. The summed E-state index contributed by atoms with van der Waals surface area (Å²) >= 11 is 0. The predicted octanol–water partition coefficient (Wildman–Crippen LogP) is 4.14. The summed E-state index contributed by atoms with van der Waals surface area (Å²) in [6, 6.07) is 10.5. The van der Waals surface area contributed by atoms with Gasteiger partial charge in [-0.3, -0.25) is 9.69 Å². The normalized spacial score (nSPS) is 17.6. The van der Waals surface area contributed by atoms with Crippen molar-refractivity contribution in [1.29, 1.82) is 0 Å². The Balaban J connectivity index is 2.18. The Morgan fingerprint density at radius 3 is 2.45 bits per heavy atom. The number of methoxy groups -OCH3 is 3. The summed E-state index contributed by atoms with van der Waals surface area (Å²) < 4.78 is 22.3. The van der Waals surface area contributed by atoms with Gasteiger partial charge in [0.15, 0.2) is 11.5 Å². The minimum atomic E-state index is -0.810. The van der Waals surface area contributed by atoms with Crippen LogP contribution in [-0.2, 0) is 4.79 Å². The molecule has 168 valence electrons. The first kappa shape index (κ1) is 22.7. The van der Waals surface area contributed by atoms with Crippen molar-refractivity contribution >= 4 is 5.97 Å². The fourth-order valence-corrected chi connectivity index (χ4v) is 4.25. The van der Waals surface area contributed by atoms with E-state index in [1.165, 1.54) is 0 Å². The van der Waals surface area contributed by atoms with Gasteiger partial charge in [-0.2, -0.15) is 0 Å². The SMILES string of the molecule is CCOc1cc(C(c2ccc(OC)cc2OC)N2CCCCC2C(=O)O)ccc1OC. The maximum absolute atomic E-state index is 12.1. The van der Waals surface area contributed by atoms with Crippen LogP contribution in [0.3, 0.4) is 0 Å². The molecule has 1 aliphatic heterocycles. The first-order chi connectivity index (χ1) is 15.0. The maximum Gasteiger partial charge on any atom is 0.320 e. The number of hydrogen-bond acceptors (Lipinski definition) is 6. The molecule has 1 aliphatic rings. The van der Waals surface area contributed by atoms with Crippen LogP contribution in [0.1, 0.15) is 43.4 Å². The predicted molar refractivity (Wildman–Crippen MR) is 118 cm³/mol. The molecule has 7 nitrogen and oxygen atoms in total. The molecule has 0 bridgehead atoms. The lowest BCUT2D eigenvalue weighted by molar-refractivity contribution is -0.145. The zero-order chi connectivity index (χ0) is 22.4. The van der Waals surface area contributed by atoms with Gasteiger partial charge in [-0.15, -0.1) is 0 Å². The van der Waals surface area contributed by atoms with Gasteiger partial charge >= 0.3 is 5.97 Å². The number of rotatable bonds is 9. The van der Waals surface area contributed by atoms with Crippen molar-refractivity contribution in [3.05, 3.63) is 47.5 Å². The number of piperidine rings is 1. The second kappa shape index (κ2) is 10.4. The minimum Gasteiger partial charge on any atom is -0.497 e. The van der Waals surface area contributed by atoms with Crippen LogP contribution in [0.2, 0.25) is 0 Å². The van der Waals surface area contributed by atoms with Gasteiger partial charge in [0, 0.05) is 11.6 Å². The van der Waals surface area contributed by atoms with Crippen LogP contribution in [0, 0.1) is 0 Å². The molecule has 0 aromatic heterocycles. The molecule has 2 unspecified atom stereocenters. The van der Waals surface area contributed by atoms with Gasteiger partial charge in [-0.1, -0.05) is 12.5 Å². The van der Waals surface area contributed by atoms with Crippen molar-refractivity contribution in [2.45, 2.75) is 38.3 Å². The Morgan fingerprint density at radius 1 is 1.03 bits per heavy atom. The van der Waals surface area contributed by atoms with Gasteiger partial charge < -0.3 is 24.1 Å². The Labute approximate surface area is 183 Å². The smallest absolute Gasteiger partial charge is 0.320 e. The molecule has 1 heterocycles. The van der Waals surface area contributed by atoms with Crippen LogP contribution in [-0.4, -0.2) is 56.5 Å². The zero-order valence-corrected chi connectivity index (χ0v) is 18.6. The van der Waals surface area contributed by atoms with Crippen molar-refractivity contribution < 1.29 is 28.8 Å². The average Bonchev–Trinajstić information content (AvgIpc) is 2.80. The lowest BCUT2D eigenvalue weighted by Gasteiger charge is -2.40. The Hall–Kier alpha value is -2.93. The summed E-state index contributed by atoms with van der Waals surface area (Å²) in [5.74, 6) is 1.78. The van der Waals surface area contributed by atoms with E-state index in [0.29, 0.717) is 42.6 Å². The number of benzene rings is 2. The van der Waals surface area contributed by atoms with Crippen LogP contribution >= 0.6 is 0 Å². The lowest BCUT2D eigenvalue weighted by Crippen LogP contribution is -2.46. The average molecular weight is 430 g/mol. The van der Waals surface area contributed by atoms with Gasteiger partial charge in [-0.25, -0.2) is 0 Å². The van der Waals surface area contributed by atoms with E-state index in [9.17, 15) is 9.90 Å². The fourth-order valence-electron chi connectivity index (χ4n) is 4.25. The van der Waals surface area contributed by atoms with Crippen molar-refractivity contribution in [3.63, 3.8) is 0 Å². The van der Waals surface area contributed by atoms with Crippen LogP contribution in [0.15, 0.2) is 36.4 Å². The highest BCUT2D eigenvalue weighted by Gasteiger charge is 2.36. The van der Waals surface area contributed by atoms with Gasteiger partial charge in [0.2, 0.25) is 0 Å². The number of carbonyl (C=O) groups is 1. The lowest BCUT2D eigenvalue weighted by atomic mass is 9.91. The van der Waals surface area contributed by atoms with E-state index < -0.39 is 12.0 Å². The van der Waals surface area contributed by atoms with Crippen molar-refractivity contribution in [3.8, 4) is 23.0 Å². The second-order valence-electron chi connectivity index (χ2n) is 7.44. The fraction of sp³-hybridized carbons (Fsp3) is 0.458. The second-order valence-corrected chi connectivity index (χ2v) is 7.44. The highest BCUT2D eigenvalue weighted by Crippen LogP contribution is 2.42. The van der Waals surface area contributed by atoms with Crippen LogP contribution in [0.25, 0.3) is 0 Å². The van der Waals surface area contributed by atoms with E-state index in [1.54, 1.807) is 21.3 Å². The van der Waals surface area contributed by atoms with E-state index in [0.717, 1.165) is 24.0 Å². The third-order valence-corrected chi connectivity index (χ3v) is 5.70. The van der Waals surface area contributed by atoms with E-state index in [4.69, 9.17) is 18.9 Å². The van der Waals surface area contributed by atoms with Crippen molar-refractivity contribution in [2.24, 2.45) is 0 Å². The molecule has 0 amide bonds. The monoisotopic (exact) mass is 429 g/mol. The van der Waals surface area contributed by atoms with E-state index >= 15 is 0 Å². The number of ether oxygens (including phenoxy) is 4. The molecular weight excluding hydrogens is 398 g/mol. The van der Waals surface area contributed by atoms with Crippen LogP contribution in [0.4, 0.5) is 0 Å². The van der Waals surface area contributed by atoms with Crippen molar-refractivity contribution in [2.75, 3.05) is 34.5 Å². The topological polar surface area (TPSA) is 77.5 Å². The molecule has 7 heteroatoms. The van der Waals surface area contributed by atoms with Gasteiger partial charge in [-0.05, 0) is 56.1 Å². The molecule has 0 radical (unpaired) electrons. The molecule has 3 rings (SSSR count). The Morgan fingerprint density at radius 2 is 1.81 bits per heavy atom. The Kier molecular flexibility index (Phi) is 7.63. The Bertz CT molecular complexity index is 900. The third-order valence-electron chi connectivity index (χ3n) is 5.70. The molecule has 1 fully saturated rings. The molecule has 2 atom stereocenters. The molecular formula is C24H31NO6. The van der Waals surface area contributed by atoms with E-state index in [2.05, 4.69) is 0 Å². The number of likely N-dealkylation sites (tertiary alicyclic amines) is 1. The van der Waals surface area contributed by atoms with Gasteiger partial charge in [0.1, 0.15) is 17.5 Å². The summed E-state index contributed by atoms with van der Waals surface area (Å²) in [4.78, 5) is 14.2. The quantitative estimate of drug-likeness (QED) is 0.642. The number of nitrogens with zero attached hydrogens (tertiary/aromatic N) is 1. The summed E-state index contributed by atoms with van der Waals surface area (Å²) in [5, 5.41) is 9.94. The molecule has 2 aromatic rings. The minimum absolute atomic E-state index is 0.327. The number of hydrogen-bond donors (Lipinski definition) is 1. The van der Waals surface area contributed by atoms with Crippen molar-refractivity contribution in [1.82, 2.24) is 4.90 Å². The largest absolute Gasteiger partial charge is 0.497 e.